The van der Waals surface area contributed by atoms with Gasteiger partial charge in [0, 0.05) is 5.56 Å². The minimum Gasteiger partial charge on any atom is -0.480 e. The molecule has 1 unspecified atom stereocenters. The Morgan fingerprint density at radius 1 is 1.26 bits per heavy atom. The highest BCUT2D eigenvalue weighted by molar-refractivity contribution is 5.97. The zero-order chi connectivity index (χ0) is 16.6. The topological polar surface area (TPSA) is 66.8 Å². The number of aliphatic carboxylic acids is 1. The Morgan fingerprint density at radius 3 is 2.43 bits per heavy atom. The highest BCUT2D eigenvalue weighted by Crippen LogP contribution is 2.43. The van der Waals surface area contributed by atoms with Crippen molar-refractivity contribution >= 4 is 11.9 Å². The molecule has 1 heterocycles. The molecule has 5 nitrogen and oxygen atoms in total. The lowest BCUT2D eigenvalue weighted by Gasteiger charge is -2.42. The molecular weight excluding hydrogens is 301 g/mol. The molecule has 23 heavy (non-hydrogen) atoms. The summed E-state index contributed by atoms with van der Waals surface area (Å²) >= 11 is 0. The summed E-state index contributed by atoms with van der Waals surface area (Å²) in [7, 11) is 0. The molecule has 1 atom stereocenters. The van der Waals surface area contributed by atoms with Gasteiger partial charge in [0.15, 0.2) is 6.04 Å². The molecule has 1 N–H and O–H groups in total. The first-order valence-electron chi connectivity index (χ1n) is 7.89. The van der Waals surface area contributed by atoms with Crippen molar-refractivity contribution in [3.05, 3.63) is 35.6 Å². The zero-order valence-corrected chi connectivity index (χ0v) is 13.0. The summed E-state index contributed by atoms with van der Waals surface area (Å²) in [4.78, 5) is 25.8. The van der Waals surface area contributed by atoms with Crippen molar-refractivity contribution in [1.82, 2.24) is 4.90 Å². The monoisotopic (exact) mass is 321 g/mol. The van der Waals surface area contributed by atoms with Crippen molar-refractivity contribution in [2.75, 3.05) is 6.61 Å². The second kappa shape index (κ2) is 5.92. The lowest BCUT2D eigenvalue weighted by atomic mass is 9.83. The molecule has 0 bridgehead atoms. The van der Waals surface area contributed by atoms with Crippen LogP contribution < -0.4 is 0 Å². The summed E-state index contributed by atoms with van der Waals surface area (Å²) in [6.07, 6.45) is 3.04. The Hall–Kier alpha value is -1.95. The molecule has 0 aromatic heterocycles. The number of ether oxygens (including phenoxy) is 1. The number of amides is 1. The number of halogens is 1. The van der Waals surface area contributed by atoms with E-state index in [4.69, 9.17) is 4.74 Å². The van der Waals surface area contributed by atoms with Crippen LogP contribution in [0, 0.1) is 11.7 Å². The van der Waals surface area contributed by atoms with Crippen LogP contribution >= 0.6 is 0 Å². The van der Waals surface area contributed by atoms with Gasteiger partial charge in [-0.15, -0.1) is 0 Å². The van der Waals surface area contributed by atoms with E-state index in [2.05, 4.69) is 6.92 Å². The van der Waals surface area contributed by atoms with Crippen LogP contribution in [0.1, 0.15) is 43.0 Å². The molecule has 124 valence electrons. The van der Waals surface area contributed by atoms with Crippen molar-refractivity contribution in [2.45, 2.75) is 44.4 Å². The van der Waals surface area contributed by atoms with Gasteiger partial charge in [0.25, 0.3) is 5.91 Å². The van der Waals surface area contributed by atoms with Crippen molar-refractivity contribution in [1.29, 1.82) is 0 Å². The van der Waals surface area contributed by atoms with Gasteiger partial charge in [0.1, 0.15) is 11.5 Å². The molecule has 6 heteroatoms. The SMILES string of the molecule is CC1CCC2(CC1)OCC(C(=O)O)N2C(=O)c1ccc(F)cc1. The number of carbonyl (C=O) groups is 2. The van der Waals surface area contributed by atoms with Crippen LogP contribution in [0.4, 0.5) is 4.39 Å². The van der Waals surface area contributed by atoms with Crippen molar-refractivity contribution in [2.24, 2.45) is 5.92 Å². The van der Waals surface area contributed by atoms with Crippen molar-refractivity contribution in [3.63, 3.8) is 0 Å². The van der Waals surface area contributed by atoms with E-state index in [1.807, 2.05) is 0 Å². The number of benzene rings is 1. The average molecular weight is 321 g/mol. The maximum absolute atomic E-state index is 13.1. The summed E-state index contributed by atoms with van der Waals surface area (Å²) in [6, 6.07) is 4.17. The number of hydrogen-bond donors (Lipinski definition) is 1. The van der Waals surface area contributed by atoms with E-state index < -0.39 is 29.5 Å². The Morgan fingerprint density at radius 2 is 1.87 bits per heavy atom. The summed E-state index contributed by atoms with van der Waals surface area (Å²) < 4.78 is 18.9. The molecule has 1 saturated carbocycles. The van der Waals surface area contributed by atoms with Gasteiger partial charge in [-0.3, -0.25) is 9.69 Å². The fraction of sp³-hybridized carbons (Fsp3) is 0.529. The molecule has 0 radical (unpaired) electrons. The zero-order valence-electron chi connectivity index (χ0n) is 13.0. The van der Waals surface area contributed by atoms with Crippen LogP contribution in [0.5, 0.6) is 0 Å². The minimum absolute atomic E-state index is 0.00332. The summed E-state index contributed by atoms with van der Waals surface area (Å²) in [5.74, 6) is -1.38. The predicted octanol–water partition coefficient (Wildman–Crippen LogP) is 2.66. The van der Waals surface area contributed by atoms with Crippen LogP contribution in [0.2, 0.25) is 0 Å². The average Bonchev–Trinajstić information content (AvgIpc) is 2.90. The van der Waals surface area contributed by atoms with Gasteiger partial charge in [0.2, 0.25) is 0 Å². The molecule has 2 aliphatic rings. The largest absolute Gasteiger partial charge is 0.480 e. The summed E-state index contributed by atoms with van der Waals surface area (Å²) in [5.41, 5.74) is -0.567. The third kappa shape index (κ3) is 2.83. The molecule has 1 amide bonds. The molecule has 2 fully saturated rings. The normalized spacial score (nSPS) is 30.6. The second-order valence-corrected chi connectivity index (χ2v) is 6.48. The van der Waals surface area contributed by atoms with E-state index in [0.29, 0.717) is 18.8 Å². The predicted molar refractivity (Wildman–Crippen MR) is 80.3 cm³/mol. The van der Waals surface area contributed by atoms with E-state index in [9.17, 15) is 19.1 Å². The third-order valence-corrected chi connectivity index (χ3v) is 4.91. The fourth-order valence-corrected chi connectivity index (χ4v) is 3.50. The number of hydrogen-bond acceptors (Lipinski definition) is 3. The van der Waals surface area contributed by atoms with Crippen LogP contribution in [0.25, 0.3) is 0 Å². The Labute approximate surface area is 134 Å². The smallest absolute Gasteiger partial charge is 0.328 e. The maximum atomic E-state index is 13.1. The Balaban J connectivity index is 1.94. The highest BCUT2D eigenvalue weighted by atomic mass is 19.1. The van der Waals surface area contributed by atoms with E-state index in [0.717, 1.165) is 12.8 Å². The lowest BCUT2D eigenvalue weighted by Crippen LogP contribution is -2.55. The van der Waals surface area contributed by atoms with Crippen LogP contribution in [0.15, 0.2) is 24.3 Å². The van der Waals surface area contributed by atoms with Gasteiger partial charge in [-0.2, -0.15) is 0 Å². The fourth-order valence-electron chi connectivity index (χ4n) is 3.50. The van der Waals surface area contributed by atoms with Gasteiger partial charge in [-0.1, -0.05) is 6.92 Å². The molecule has 1 aromatic rings. The quantitative estimate of drug-likeness (QED) is 0.909. The molecule has 1 aliphatic carbocycles. The number of carboxylic acid groups (broad SMARTS) is 1. The van der Waals surface area contributed by atoms with E-state index in [1.54, 1.807) is 0 Å². The number of rotatable bonds is 2. The number of nitrogens with zero attached hydrogens (tertiary/aromatic N) is 1. The number of carboxylic acids is 1. The van der Waals surface area contributed by atoms with Gasteiger partial charge < -0.3 is 9.84 Å². The first-order chi connectivity index (χ1) is 10.9. The maximum Gasteiger partial charge on any atom is 0.328 e. The third-order valence-electron chi connectivity index (χ3n) is 4.91. The van der Waals surface area contributed by atoms with Crippen LogP contribution in [-0.2, 0) is 9.53 Å². The van der Waals surface area contributed by atoms with Gasteiger partial charge in [-0.05, 0) is 55.9 Å². The molecule has 1 saturated heterocycles. The van der Waals surface area contributed by atoms with Gasteiger partial charge >= 0.3 is 5.97 Å². The van der Waals surface area contributed by atoms with Crippen LogP contribution in [0.3, 0.4) is 0 Å². The first kappa shape index (κ1) is 15.9. The minimum atomic E-state index is -1.07. The molecule has 3 rings (SSSR count). The standard InChI is InChI=1S/C17H20FNO4/c1-11-6-8-17(9-7-11)19(14(10-23-17)16(21)22)15(20)12-2-4-13(18)5-3-12/h2-5,11,14H,6-10H2,1H3,(H,21,22). The second-order valence-electron chi connectivity index (χ2n) is 6.48. The van der Waals surface area contributed by atoms with Gasteiger partial charge in [-0.25, -0.2) is 9.18 Å². The van der Waals surface area contributed by atoms with Gasteiger partial charge in [0.05, 0.1) is 6.61 Å². The first-order valence-corrected chi connectivity index (χ1v) is 7.89. The van der Waals surface area contributed by atoms with Crippen molar-refractivity contribution < 1.29 is 23.8 Å². The number of carbonyl (C=O) groups excluding carboxylic acids is 1. The van der Waals surface area contributed by atoms with Crippen molar-refractivity contribution in [3.8, 4) is 0 Å². The van der Waals surface area contributed by atoms with E-state index >= 15 is 0 Å². The highest BCUT2D eigenvalue weighted by Gasteiger charge is 2.53. The van der Waals surface area contributed by atoms with E-state index in [1.165, 1.54) is 29.2 Å². The Kier molecular flexibility index (Phi) is 4.10. The molecule has 1 aromatic carbocycles. The summed E-state index contributed by atoms with van der Waals surface area (Å²) in [6.45, 7) is 2.14. The van der Waals surface area contributed by atoms with E-state index in [-0.39, 0.29) is 12.2 Å². The lowest BCUT2D eigenvalue weighted by molar-refractivity contribution is -0.143. The summed E-state index contributed by atoms with van der Waals surface area (Å²) in [5, 5.41) is 9.46. The molecule has 1 spiro atoms. The van der Waals surface area contributed by atoms with Crippen LogP contribution in [-0.4, -0.2) is 40.3 Å². The Bertz CT molecular complexity index is 608. The molecule has 1 aliphatic heterocycles. The molecular formula is C17H20FNO4.